The van der Waals surface area contributed by atoms with Crippen LogP contribution in [0.15, 0.2) is 12.1 Å². The number of hydrogen-bond donors (Lipinski definition) is 1. The molecule has 1 rings (SSSR count). The van der Waals surface area contributed by atoms with Gasteiger partial charge in [-0.1, -0.05) is 0 Å². The number of Topliss-reactive ketones (excluding diaryl/α,β-unsaturated/α-hetero) is 1. The average Bonchev–Trinajstić information content (AvgIpc) is 2.00. The van der Waals surface area contributed by atoms with Gasteiger partial charge >= 0.3 is 0 Å². The summed E-state index contributed by atoms with van der Waals surface area (Å²) in [6.45, 7) is 1.44. The summed E-state index contributed by atoms with van der Waals surface area (Å²) in [5, 5.41) is 9.52. The van der Waals surface area contributed by atoms with Crippen LogP contribution in [0.2, 0.25) is 0 Å². The first-order chi connectivity index (χ1) is 5.54. The van der Waals surface area contributed by atoms with Crippen molar-refractivity contribution >= 4 is 51.0 Å². The molecule has 0 aliphatic rings. The van der Waals surface area contributed by atoms with Gasteiger partial charge in [0.1, 0.15) is 5.75 Å². The molecule has 0 saturated heterocycles. The summed E-state index contributed by atoms with van der Waals surface area (Å²) >= 11 is 4.13. The van der Waals surface area contributed by atoms with Crippen molar-refractivity contribution in [1.29, 1.82) is 0 Å². The molecule has 2 nitrogen and oxygen atoms in total. The minimum Gasteiger partial charge on any atom is -0.506 e. The van der Waals surface area contributed by atoms with Crippen molar-refractivity contribution in [2.24, 2.45) is 0 Å². The van der Waals surface area contributed by atoms with Crippen LogP contribution in [0.1, 0.15) is 17.3 Å². The lowest BCUT2D eigenvalue weighted by molar-refractivity contribution is 0.101. The molecule has 64 valence electrons. The van der Waals surface area contributed by atoms with Crippen LogP contribution in [0.25, 0.3) is 0 Å². The van der Waals surface area contributed by atoms with Crippen LogP contribution in [-0.2, 0) is 0 Å². The average molecular weight is 388 g/mol. The van der Waals surface area contributed by atoms with Crippen LogP contribution >= 0.6 is 45.2 Å². The molecule has 1 aromatic carbocycles. The smallest absolute Gasteiger partial charge is 0.163 e. The number of carbonyl (C=O) groups is 1. The molecule has 0 amide bonds. The lowest BCUT2D eigenvalue weighted by Gasteiger charge is -2.03. The molecule has 1 N–H and O–H groups in total. The minimum absolute atomic E-state index is 0.0926. The highest BCUT2D eigenvalue weighted by Gasteiger charge is 2.11. The third-order valence-electron chi connectivity index (χ3n) is 1.45. The molecule has 0 radical (unpaired) electrons. The maximum Gasteiger partial charge on any atom is 0.163 e. The predicted octanol–water partition coefficient (Wildman–Crippen LogP) is 2.80. The molecule has 12 heavy (non-hydrogen) atoms. The van der Waals surface area contributed by atoms with Gasteiger partial charge in [-0.2, -0.15) is 0 Å². The van der Waals surface area contributed by atoms with Gasteiger partial charge in [0.25, 0.3) is 0 Å². The Bertz CT molecular complexity index is 334. The molecule has 0 saturated carbocycles. The number of aromatic hydroxyl groups is 1. The fraction of sp³-hybridized carbons (Fsp3) is 0.125. The molecule has 4 heteroatoms. The minimum atomic E-state index is -0.109. The summed E-state index contributed by atoms with van der Waals surface area (Å²) < 4.78 is 1.69. The second-order valence-electron chi connectivity index (χ2n) is 2.31. The van der Waals surface area contributed by atoms with Gasteiger partial charge in [0, 0.05) is 3.57 Å². The van der Waals surface area contributed by atoms with E-state index in [1.165, 1.54) is 6.92 Å². The standard InChI is InChI=1S/C8H6I2O2/c1-4(11)5-2-3-6(9)7(10)8(5)12/h2-3,12H,1H3. The molecular formula is C8H6I2O2. The van der Waals surface area contributed by atoms with Crippen LogP contribution in [0.4, 0.5) is 0 Å². The number of phenols is 1. The second-order valence-corrected chi connectivity index (χ2v) is 4.55. The van der Waals surface area contributed by atoms with Crippen molar-refractivity contribution in [3.05, 3.63) is 24.8 Å². The van der Waals surface area contributed by atoms with E-state index in [0.29, 0.717) is 5.56 Å². The van der Waals surface area contributed by atoms with E-state index in [1.807, 2.05) is 28.7 Å². The highest BCUT2D eigenvalue weighted by Crippen LogP contribution is 2.28. The molecule has 0 atom stereocenters. The first-order valence-corrected chi connectivity index (χ1v) is 5.37. The van der Waals surface area contributed by atoms with Gasteiger partial charge < -0.3 is 5.11 Å². The highest BCUT2D eigenvalue weighted by molar-refractivity contribution is 14.1. The summed E-state index contributed by atoms with van der Waals surface area (Å²) in [6, 6.07) is 3.46. The van der Waals surface area contributed by atoms with Crippen molar-refractivity contribution in [3.63, 3.8) is 0 Å². The molecule has 0 heterocycles. The van der Waals surface area contributed by atoms with Gasteiger partial charge in [-0.25, -0.2) is 0 Å². The van der Waals surface area contributed by atoms with Gasteiger partial charge in [-0.15, -0.1) is 0 Å². The van der Waals surface area contributed by atoms with Crippen LogP contribution < -0.4 is 0 Å². The van der Waals surface area contributed by atoms with E-state index in [4.69, 9.17) is 0 Å². The normalized spacial score (nSPS) is 9.92. The molecule has 0 aliphatic heterocycles. The van der Waals surface area contributed by atoms with Crippen LogP contribution in [-0.4, -0.2) is 10.9 Å². The molecule has 0 unspecified atom stereocenters. The fourth-order valence-electron chi connectivity index (χ4n) is 0.824. The molecule has 0 aromatic heterocycles. The van der Waals surface area contributed by atoms with Crippen molar-refractivity contribution < 1.29 is 9.90 Å². The van der Waals surface area contributed by atoms with Crippen LogP contribution in [0.3, 0.4) is 0 Å². The SMILES string of the molecule is CC(=O)c1ccc(I)c(I)c1O. The van der Waals surface area contributed by atoms with E-state index in [1.54, 1.807) is 6.07 Å². The van der Waals surface area contributed by atoms with Gasteiger partial charge in [0.2, 0.25) is 0 Å². The van der Waals surface area contributed by atoms with E-state index in [0.717, 1.165) is 7.14 Å². The number of ketones is 1. The van der Waals surface area contributed by atoms with E-state index < -0.39 is 0 Å². The fourth-order valence-corrected chi connectivity index (χ4v) is 1.73. The Hall–Kier alpha value is 0.150. The highest BCUT2D eigenvalue weighted by atomic mass is 127. The summed E-state index contributed by atoms with van der Waals surface area (Å²) in [5.41, 5.74) is 0.389. The Morgan fingerprint density at radius 3 is 2.50 bits per heavy atom. The topological polar surface area (TPSA) is 37.3 Å². The van der Waals surface area contributed by atoms with Gasteiger partial charge in [0.15, 0.2) is 5.78 Å². The number of halogens is 2. The maximum absolute atomic E-state index is 11.0. The number of rotatable bonds is 1. The number of phenolic OH excluding ortho intramolecular Hbond substituents is 1. The third-order valence-corrected chi connectivity index (χ3v) is 4.47. The molecule has 0 aliphatic carbocycles. The Morgan fingerprint density at radius 1 is 1.42 bits per heavy atom. The second kappa shape index (κ2) is 3.91. The molecule has 0 bridgehead atoms. The van der Waals surface area contributed by atoms with Crippen molar-refractivity contribution in [1.82, 2.24) is 0 Å². The van der Waals surface area contributed by atoms with Crippen molar-refractivity contribution in [2.45, 2.75) is 6.92 Å². The van der Waals surface area contributed by atoms with E-state index in [-0.39, 0.29) is 11.5 Å². The Labute approximate surface area is 97.6 Å². The monoisotopic (exact) mass is 388 g/mol. The largest absolute Gasteiger partial charge is 0.506 e. The van der Waals surface area contributed by atoms with Crippen LogP contribution in [0, 0.1) is 7.14 Å². The zero-order valence-corrected chi connectivity index (χ0v) is 10.6. The number of hydrogen-bond acceptors (Lipinski definition) is 2. The van der Waals surface area contributed by atoms with Crippen molar-refractivity contribution in [3.8, 4) is 5.75 Å². The van der Waals surface area contributed by atoms with E-state index >= 15 is 0 Å². The zero-order valence-electron chi connectivity index (χ0n) is 6.27. The molecule has 1 aromatic rings. The van der Waals surface area contributed by atoms with E-state index in [2.05, 4.69) is 22.6 Å². The third kappa shape index (κ3) is 1.90. The van der Waals surface area contributed by atoms with Gasteiger partial charge in [0.05, 0.1) is 9.13 Å². The number of benzene rings is 1. The molecule has 0 spiro atoms. The van der Waals surface area contributed by atoms with Crippen LogP contribution in [0.5, 0.6) is 5.75 Å². The summed E-state index contributed by atoms with van der Waals surface area (Å²) in [7, 11) is 0. The maximum atomic E-state index is 11.0. The summed E-state index contributed by atoms with van der Waals surface area (Å²) in [6.07, 6.45) is 0. The molecule has 0 fully saturated rings. The Morgan fingerprint density at radius 2 is 2.00 bits per heavy atom. The first kappa shape index (κ1) is 10.2. The summed E-state index contributed by atoms with van der Waals surface area (Å²) in [4.78, 5) is 11.0. The molecular weight excluding hydrogens is 382 g/mol. The van der Waals surface area contributed by atoms with Gasteiger partial charge in [-0.05, 0) is 64.2 Å². The zero-order chi connectivity index (χ0) is 9.30. The first-order valence-electron chi connectivity index (χ1n) is 3.22. The Kier molecular flexibility index (Phi) is 3.33. The quantitative estimate of drug-likeness (QED) is 0.594. The predicted molar refractivity (Wildman–Crippen MR) is 63.5 cm³/mol. The lowest BCUT2D eigenvalue weighted by atomic mass is 10.1. The van der Waals surface area contributed by atoms with Crippen molar-refractivity contribution in [2.75, 3.05) is 0 Å². The lowest BCUT2D eigenvalue weighted by Crippen LogP contribution is -1.95. The number of carbonyl (C=O) groups excluding carboxylic acids is 1. The Balaban J connectivity index is 3.36. The van der Waals surface area contributed by atoms with Gasteiger partial charge in [-0.3, -0.25) is 4.79 Å². The van der Waals surface area contributed by atoms with E-state index in [9.17, 15) is 9.90 Å². The summed E-state index contributed by atoms with van der Waals surface area (Å²) in [5.74, 6) is -0.0168.